The molecular formula is C34H45ClN2O5S. The first-order valence-electron chi connectivity index (χ1n) is 16.0. The Morgan fingerprint density at radius 2 is 1.93 bits per heavy atom. The van der Waals surface area contributed by atoms with E-state index < -0.39 is 21.2 Å². The van der Waals surface area contributed by atoms with Crippen LogP contribution in [-0.4, -0.2) is 53.0 Å². The second-order valence-electron chi connectivity index (χ2n) is 13.6. The van der Waals surface area contributed by atoms with Crippen molar-refractivity contribution in [2.75, 3.05) is 38.3 Å². The standard InChI is InChI=1S/C34H45ClN2O5S/c1-22-6-4-7-27(19-41-3)29-12-9-26(29)18-37-20-34(15-5-8-24-16-28(35)11-13-30(24)34)21-42-32-14-10-25(17-31(32)37)33(38)36-43(39,40)23(22)2/h10-11,13-14,16-17,22-23,26-27,29H,4-9,12,15,18-21H2,1-3H3,(H,36,38)/t22-,23+,26-,27+,29+,34-/m0/s1. The summed E-state index contributed by atoms with van der Waals surface area (Å²) in [6.07, 6.45) is 8.18. The normalized spacial score (nSPS) is 32.4. The predicted octanol–water partition coefficient (Wildman–Crippen LogP) is 6.37. The van der Waals surface area contributed by atoms with Crippen molar-refractivity contribution in [3.63, 3.8) is 0 Å². The van der Waals surface area contributed by atoms with Crippen molar-refractivity contribution in [1.29, 1.82) is 0 Å². The largest absolute Gasteiger partial charge is 0.490 e. The van der Waals surface area contributed by atoms with Gasteiger partial charge in [0.2, 0.25) is 10.0 Å². The summed E-state index contributed by atoms with van der Waals surface area (Å²) in [5.41, 5.74) is 3.58. The molecule has 4 aliphatic rings. The van der Waals surface area contributed by atoms with Gasteiger partial charge in [0.1, 0.15) is 5.75 Å². The third kappa shape index (κ3) is 6.04. The van der Waals surface area contributed by atoms with Gasteiger partial charge in [-0.15, -0.1) is 0 Å². The number of carbonyl (C=O) groups excluding carboxylic acids is 1. The Morgan fingerprint density at radius 1 is 1.09 bits per heavy atom. The quantitative estimate of drug-likeness (QED) is 0.416. The van der Waals surface area contributed by atoms with Gasteiger partial charge in [-0.1, -0.05) is 31.0 Å². The monoisotopic (exact) mass is 628 g/mol. The second-order valence-corrected chi connectivity index (χ2v) is 16.1. The minimum Gasteiger partial charge on any atom is -0.490 e. The van der Waals surface area contributed by atoms with E-state index in [2.05, 4.69) is 21.8 Å². The lowest BCUT2D eigenvalue weighted by molar-refractivity contribution is 0.0383. The average Bonchev–Trinajstić information content (AvgIpc) is 3.11. The molecule has 1 spiro atoms. The number of hydrogen-bond acceptors (Lipinski definition) is 6. The molecule has 6 rings (SSSR count). The summed E-state index contributed by atoms with van der Waals surface area (Å²) < 4.78 is 41.3. The summed E-state index contributed by atoms with van der Waals surface area (Å²) >= 11 is 6.42. The van der Waals surface area contributed by atoms with E-state index in [-0.39, 0.29) is 11.3 Å². The molecule has 0 unspecified atom stereocenters. The molecule has 0 saturated heterocycles. The maximum Gasteiger partial charge on any atom is 0.264 e. The lowest BCUT2D eigenvalue weighted by atomic mass is 9.65. The molecule has 2 aromatic rings. The van der Waals surface area contributed by atoms with Crippen LogP contribution in [0.25, 0.3) is 0 Å². The number of halogens is 1. The van der Waals surface area contributed by atoms with E-state index in [9.17, 15) is 13.2 Å². The molecule has 1 N–H and O–H groups in total. The van der Waals surface area contributed by atoms with E-state index in [1.54, 1.807) is 20.1 Å². The third-order valence-electron chi connectivity index (χ3n) is 11.0. The van der Waals surface area contributed by atoms with Gasteiger partial charge >= 0.3 is 0 Å². The second kappa shape index (κ2) is 12.2. The average molecular weight is 629 g/mol. The van der Waals surface area contributed by atoms with Crippen LogP contribution in [0.4, 0.5) is 5.69 Å². The van der Waals surface area contributed by atoms with Crippen LogP contribution in [0.15, 0.2) is 36.4 Å². The summed E-state index contributed by atoms with van der Waals surface area (Å²) in [6.45, 7) is 6.58. The van der Waals surface area contributed by atoms with Gasteiger partial charge in [0, 0.05) is 42.8 Å². The molecule has 6 atom stereocenters. The predicted molar refractivity (Wildman–Crippen MR) is 171 cm³/mol. The van der Waals surface area contributed by atoms with Crippen LogP contribution in [0.3, 0.4) is 0 Å². The van der Waals surface area contributed by atoms with Crippen molar-refractivity contribution in [3.8, 4) is 5.75 Å². The SMILES string of the molecule is COC[C@H]1CCC[C@H](C)[C@@H](C)S(=O)(=O)NC(=O)c2ccc3c(c2)N(C[C@@H]2CC[C@@H]12)C[C@@]1(CCCc2cc(Cl)ccc21)CO3. The van der Waals surface area contributed by atoms with Gasteiger partial charge in [-0.25, -0.2) is 13.1 Å². The zero-order valence-corrected chi connectivity index (χ0v) is 27.2. The Labute approximate surface area is 261 Å². The molecule has 2 bridgehead atoms. The van der Waals surface area contributed by atoms with Crippen LogP contribution in [0.2, 0.25) is 5.02 Å². The summed E-state index contributed by atoms with van der Waals surface area (Å²) in [5.74, 6) is 1.59. The molecular weight excluding hydrogens is 584 g/mol. The molecule has 2 aliphatic carbocycles. The fourth-order valence-electron chi connectivity index (χ4n) is 8.14. The Hall–Kier alpha value is -2.29. The number of anilines is 1. The Bertz CT molecular complexity index is 1460. The van der Waals surface area contributed by atoms with E-state index in [1.165, 1.54) is 24.0 Å². The van der Waals surface area contributed by atoms with E-state index in [1.807, 2.05) is 25.1 Å². The molecule has 43 heavy (non-hydrogen) atoms. The van der Waals surface area contributed by atoms with E-state index in [0.717, 1.165) is 74.7 Å². The van der Waals surface area contributed by atoms with Crippen LogP contribution in [-0.2, 0) is 26.6 Å². The number of hydrogen-bond donors (Lipinski definition) is 1. The van der Waals surface area contributed by atoms with Crippen LogP contribution in [0.1, 0.15) is 80.3 Å². The van der Waals surface area contributed by atoms with Crippen molar-refractivity contribution in [1.82, 2.24) is 4.72 Å². The number of nitrogens with zero attached hydrogens (tertiary/aromatic N) is 1. The third-order valence-corrected chi connectivity index (χ3v) is 13.1. The molecule has 0 radical (unpaired) electrons. The van der Waals surface area contributed by atoms with Crippen LogP contribution < -0.4 is 14.4 Å². The van der Waals surface area contributed by atoms with Crippen LogP contribution in [0.5, 0.6) is 5.75 Å². The Balaban J connectivity index is 1.41. The van der Waals surface area contributed by atoms with Crippen molar-refractivity contribution in [3.05, 3.63) is 58.1 Å². The number of methoxy groups -OCH3 is 1. The number of sulfonamides is 1. The first-order chi connectivity index (χ1) is 20.6. The van der Waals surface area contributed by atoms with Gasteiger partial charge in [0.05, 0.1) is 17.5 Å². The zero-order chi connectivity index (χ0) is 30.4. The first-order valence-corrected chi connectivity index (χ1v) is 17.9. The number of ether oxygens (including phenoxy) is 2. The number of benzene rings is 2. The van der Waals surface area contributed by atoms with Crippen LogP contribution >= 0.6 is 11.6 Å². The number of carbonyl (C=O) groups is 1. The van der Waals surface area contributed by atoms with Crippen molar-refractivity contribution >= 4 is 33.2 Å². The molecule has 234 valence electrons. The van der Waals surface area contributed by atoms with Gasteiger partial charge < -0.3 is 14.4 Å². The smallest absolute Gasteiger partial charge is 0.264 e. The van der Waals surface area contributed by atoms with Gasteiger partial charge in [-0.2, -0.15) is 0 Å². The Morgan fingerprint density at radius 3 is 2.70 bits per heavy atom. The van der Waals surface area contributed by atoms with Gasteiger partial charge in [-0.3, -0.25) is 4.79 Å². The highest BCUT2D eigenvalue weighted by molar-refractivity contribution is 7.90. The molecule has 1 saturated carbocycles. The number of aryl methyl sites for hydroxylation is 1. The van der Waals surface area contributed by atoms with Crippen molar-refractivity contribution < 1.29 is 22.7 Å². The van der Waals surface area contributed by atoms with Crippen LogP contribution in [0, 0.1) is 23.7 Å². The minimum absolute atomic E-state index is 0.0704. The van der Waals surface area contributed by atoms with Crippen molar-refractivity contribution in [2.45, 2.75) is 75.9 Å². The maximum absolute atomic E-state index is 13.4. The summed E-state index contributed by atoms with van der Waals surface area (Å²) in [7, 11) is -2.06. The molecule has 2 aliphatic heterocycles. The fraction of sp³-hybridized carbons (Fsp3) is 0.618. The molecule has 9 heteroatoms. The van der Waals surface area contributed by atoms with Crippen molar-refractivity contribution in [2.24, 2.45) is 23.7 Å². The molecule has 2 aromatic carbocycles. The molecule has 1 fully saturated rings. The molecule has 2 heterocycles. The van der Waals surface area contributed by atoms with E-state index in [4.69, 9.17) is 21.1 Å². The number of fused-ring (bicyclic) bond motifs is 4. The maximum atomic E-state index is 13.4. The lowest BCUT2D eigenvalue weighted by Crippen LogP contribution is -2.49. The Kier molecular flexibility index (Phi) is 8.75. The number of rotatable bonds is 2. The highest BCUT2D eigenvalue weighted by atomic mass is 35.5. The fourth-order valence-corrected chi connectivity index (χ4v) is 9.64. The lowest BCUT2D eigenvalue weighted by Gasteiger charge is -2.47. The molecule has 0 aromatic heterocycles. The summed E-state index contributed by atoms with van der Waals surface area (Å²) in [6, 6.07) is 11.6. The summed E-state index contributed by atoms with van der Waals surface area (Å²) in [5, 5.41) is 0.0801. The first kappa shape index (κ1) is 30.7. The van der Waals surface area contributed by atoms with Gasteiger partial charge in [0.15, 0.2) is 0 Å². The topological polar surface area (TPSA) is 84.9 Å². The molecule has 7 nitrogen and oxygen atoms in total. The highest BCUT2D eigenvalue weighted by Gasteiger charge is 2.44. The minimum atomic E-state index is -3.85. The number of nitrogens with one attached hydrogen (secondary N) is 1. The van der Waals surface area contributed by atoms with Gasteiger partial charge in [0.25, 0.3) is 5.91 Å². The van der Waals surface area contributed by atoms with E-state index in [0.29, 0.717) is 29.9 Å². The van der Waals surface area contributed by atoms with Gasteiger partial charge in [-0.05, 0) is 117 Å². The number of amides is 1. The summed E-state index contributed by atoms with van der Waals surface area (Å²) in [4.78, 5) is 15.8. The highest BCUT2D eigenvalue weighted by Crippen LogP contribution is 2.48. The molecule has 1 amide bonds. The van der Waals surface area contributed by atoms with E-state index >= 15 is 0 Å². The zero-order valence-electron chi connectivity index (χ0n) is 25.6.